The fourth-order valence-corrected chi connectivity index (χ4v) is 2.35. The Bertz CT molecular complexity index is 493. The van der Waals surface area contributed by atoms with E-state index in [0.29, 0.717) is 17.4 Å². The van der Waals surface area contributed by atoms with Gasteiger partial charge in [0, 0.05) is 29.6 Å². The van der Waals surface area contributed by atoms with Gasteiger partial charge in [-0.05, 0) is 30.9 Å². The van der Waals surface area contributed by atoms with Crippen LogP contribution in [-0.4, -0.2) is 16.6 Å². The molecule has 0 bridgehead atoms. The molecule has 0 aliphatic heterocycles. The lowest BCUT2D eigenvalue weighted by Crippen LogP contribution is -2.35. The Hall–Kier alpha value is -1.97. The molecule has 0 radical (unpaired) electrons. The van der Waals surface area contributed by atoms with Crippen LogP contribution < -0.4 is 5.43 Å². The van der Waals surface area contributed by atoms with Crippen molar-refractivity contribution in [2.75, 3.05) is 0 Å². The summed E-state index contributed by atoms with van der Waals surface area (Å²) in [5, 5.41) is 4.21. The highest BCUT2D eigenvalue weighted by Crippen LogP contribution is 2.39. The Balaban J connectivity index is 1.62. The molecule has 1 aromatic rings. The molecule has 0 spiro atoms. The molecule has 2 unspecified atom stereocenters. The van der Waals surface area contributed by atoms with E-state index in [-0.39, 0.29) is 5.91 Å². The van der Waals surface area contributed by atoms with Gasteiger partial charge in [0.15, 0.2) is 0 Å². The van der Waals surface area contributed by atoms with E-state index in [9.17, 15) is 4.79 Å². The van der Waals surface area contributed by atoms with Crippen molar-refractivity contribution in [1.29, 1.82) is 0 Å². The maximum Gasteiger partial charge on any atom is 0.271 e. The minimum Gasteiger partial charge on any atom is -0.267 e. The molecule has 1 heterocycles. The van der Waals surface area contributed by atoms with E-state index >= 15 is 0 Å². The predicted octanol–water partition coefficient (Wildman–Crippen LogP) is 1.76. The maximum absolute atomic E-state index is 11.7. The summed E-state index contributed by atoms with van der Waals surface area (Å²) >= 11 is 0. The molecule has 86 valence electrons. The lowest BCUT2D eigenvalue weighted by molar-refractivity contribution is 0.0954. The lowest BCUT2D eigenvalue weighted by Gasteiger charge is -2.31. The molecular weight excluding hydrogens is 214 g/mol. The predicted molar refractivity (Wildman–Crippen MR) is 64.5 cm³/mol. The molecule has 2 aliphatic rings. The number of carbonyl (C=O) groups excluding carboxylic acids is 1. The summed E-state index contributed by atoms with van der Waals surface area (Å²) in [5.74, 6) is 1.02. The number of hydrogen-bond acceptors (Lipinski definition) is 3. The summed E-state index contributed by atoms with van der Waals surface area (Å²) in [6.45, 7) is 0. The van der Waals surface area contributed by atoms with Crippen molar-refractivity contribution in [3.8, 4) is 0 Å². The fourth-order valence-electron chi connectivity index (χ4n) is 2.35. The second-order valence-corrected chi connectivity index (χ2v) is 4.42. The molecule has 4 heteroatoms. The minimum atomic E-state index is -0.172. The Morgan fingerprint density at radius 3 is 3.00 bits per heavy atom. The lowest BCUT2D eigenvalue weighted by atomic mass is 9.74. The minimum absolute atomic E-state index is 0.172. The van der Waals surface area contributed by atoms with Crippen LogP contribution >= 0.6 is 0 Å². The summed E-state index contributed by atoms with van der Waals surface area (Å²) < 4.78 is 0. The van der Waals surface area contributed by atoms with Gasteiger partial charge in [0.2, 0.25) is 0 Å². The largest absolute Gasteiger partial charge is 0.271 e. The number of allylic oxidation sites excluding steroid dienone is 2. The first-order valence-corrected chi connectivity index (χ1v) is 5.78. The van der Waals surface area contributed by atoms with Crippen molar-refractivity contribution in [2.24, 2.45) is 16.9 Å². The van der Waals surface area contributed by atoms with Crippen LogP contribution in [0, 0.1) is 11.8 Å². The number of nitrogens with zero attached hydrogens (tertiary/aromatic N) is 2. The van der Waals surface area contributed by atoms with Crippen LogP contribution in [0.4, 0.5) is 0 Å². The van der Waals surface area contributed by atoms with Crippen LogP contribution in [-0.2, 0) is 0 Å². The Morgan fingerprint density at radius 1 is 1.41 bits per heavy atom. The second-order valence-electron chi connectivity index (χ2n) is 4.42. The summed E-state index contributed by atoms with van der Waals surface area (Å²) in [6, 6.07) is 3.35. The summed E-state index contributed by atoms with van der Waals surface area (Å²) in [6.07, 6.45) is 9.69. The van der Waals surface area contributed by atoms with Crippen molar-refractivity contribution in [1.82, 2.24) is 10.4 Å². The van der Waals surface area contributed by atoms with E-state index in [1.54, 1.807) is 24.5 Å². The molecule has 2 atom stereocenters. The maximum atomic E-state index is 11.7. The summed E-state index contributed by atoms with van der Waals surface area (Å²) in [4.78, 5) is 15.6. The molecule has 1 fully saturated rings. The number of hydrogen-bond donors (Lipinski definition) is 1. The van der Waals surface area contributed by atoms with Crippen molar-refractivity contribution in [2.45, 2.75) is 12.8 Å². The van der Waals surface area contributed by atoms with Gasteiger partial charge in [0.25, 0.3) is 5.91 Å². The Morgan fingerprint density at radius 2 is 2.24 bits per heavy atom. The summed E-state index contributed by atoms with van der Waals surface area (Å²) in [5.41, 5.74) is 4.31. The van der Waals surface area contributed by atoms with Crippen molar-refractivity contribution in [3.05, 3.63) is 42.2 Å². The van der Waals surface area contributed by atoms with E-state index in [1.165, 1.54) is 0 Å². The van der Waals surface area contributed by atoms with Gasteiger partial charge < -0.3 is 0 Å². The molecule has 1 amide bonds. The summed E-state index contributed by atoms with van der Waals surface area (Å²) in [7, 11) is 0. The molecule has 17 heavy (non-hydrogen) atoms. The van der Waals surface area contributed by atoms with Gasteiger partial charge in [0.05, 0.1) is 0 Å². The zero-order valence-corrected chi connectivity index (χ0v) is 9.34. The van der Waals surface area contributed by atoms with Crippen molar-refractivity contribution >= 4 is 11.6 Å². The molecule has 0 aromatic carbocycles. The van der Waals surface area contributed by atoms with Gasteiger partial charge in [-0.2, -0.15) is 5.10 Å². The highest BCUT2D eigenvalue weighted by Gasteiger charge is 2.37. The van der Waals surface area contributed by atoms with E-state index in [1.807, 2.05) is 0 Å². The smallest absolute Gasteiger partial charge is 0.267 e. The van der Waals surface area contributed by atoms with Gasteiger partial charge in [0.1, 0.15) is 0 Å². The molecule has 1 saturated carbocycles. The number of fused-ring (bicyclic) bond motifs is 1. The quantitative estimate of drug-likeness (QED) is 0.618. The van der Waals surface area contributed by atoms with Gasteiger partial charge in [-0.15, -0.1) is 0 Å². The molecule has 2 aliphatic carbocycles. The molecule has 4 nitrogen and oxygen atoms in total. The number of nitrogens with one attached hydrogen (secondary N) is 1. The molecule has 1 aromatic heterocycles. The zero-order valence-electron chi connectivity index (χ0n) is 9.34. The highest BCUT2D eigenvalue weighted by molar-refractivity contribution is 5.97. The first-order valence-electron chi connectivity index (χ1n) is 5.78. The number of amides is 1. The normalized spacial score (nSPS) is 27.6. The monoisotopic (exact) mass is 227 g/mol. The van der Waals surface area contributed by atoms with Crippen LogP contribution in [0.5, 0.6) is 0 Å². The van der Waals surface area contributed by atoms with E-state index in [2.05, 4.69) is 27.7 Å². The topological polar surface area (TPSA) is 54.4 Å². The number of carbonyl (C=O) groups is 1. The average Bonchev–Trinajstić information content (AvgIpc) is 2.72. The third-order valence-corrected chi connectivity index (χ3v) is 3.41. The molecular formula is C13H13N3O. The van der Waals surface area contributed by atoms with Crippen LogP contribution in [0.1, 0.15) is 23.2 Å². The highest BCUT2D eigenvalue weighted by atomic mass is 16.2. The SMILES string of the molecule is O=C(NN=C1CC2C=CCC12)c1ccncc1. The Kier molecular flexibility index (Phi) is 2.48. The van der Waals surface area contributed by atoms with Gasteiger partial charge >= 0.3 is 0 Å². The van der Waals surface area contributed by atoms with Crippen LogP contribution in [0.25, 0.3) is 0 Å². The number of rotatable bonds is 2. The van der Waals surface area contributed by atoms with Crippen molar-refractivity contribution < 1.29 is 4.79 Å². The average molecular weight is 227 g/mol. The van der Waals surface area contributed by atoms with Crippen LogP contribution in [0.2, 0.25) is 0 Å². The van der Waals surface area contributed by atoms with E-state index in [0.717, 1.165) is 18.6 Å². The van der Waals surface area contributed by atoms with E-state index in [4.69, 9.17) is 0 Å². The second kappa shape index (κ2) is 4.13. The van der Waals surface area contributed by atoms with Crippen LogP contribution in [0.3, 0.4) is 0 Å². The van der Waals surface area contributed by atoms with Crippen molar-refractivity contribution in [3.63, 3.8) is 0 Å². The fraction of sp³-hybridized carbons (Fsp3) is 0.308. The molecule has 3 rings (SSSR count). The number of pyridine rings is 1. The van der Waals surface area contributed by atoms with Gasteiger partial charge in [-0.1, -0.05) is 12.2 Å². The van der Waals surface area contributed by atoms with Gasteiger partial charge in [-0.3, -0.25) is 9.78 Å². The number of hydrazone groups is 1. The number of aromatic nitrogens is 1. The third-order valence-electron chi connectivity index (χ3n) is 3.41. The first-order chi connectivity index (χ1) is 8.34. The molecule has 1 N–H and O–H groups in total. The van der Waals surface area contributed by atoms with Gasteiger partial charge in [-0.25, -0.2) is 5.43 Å². The zero-order chi connectivity index (χ0) is 11.7. The Labute approximate surface area is 99.4 Å². The van der Waals surface area contributed by atoms with Crippen LogP contribution in [0.15, 0.2) is 41.8 Å². The standard InChI is InChI=1S/C13H13N3O/c17-13(9-4-6-14-7-5-9)16-15-12-8-10-2-1-3-11(10)12/h1-2,4-7,10-11H,3,8H2,(H,16,17). The van der Waals surface area contributed by atoms with E-state index < -0.39 is 0 Å². The third kappa shape index (κ3) is 1.86. The first kappa shape index (κ1) is 10.2. The molecule has 0 saturated heterocycles.